The van der Waals surface area contributed by atoms with Crippen LogP contribution in [-0.4, -0.2) is 59.7 Å². The van der Waals surface area contributed by atoms with Crippen LogP contribution in [0.5, 0.6) is 5.75 Å². The summed E-state index contributed by atoms with van der Waals surface area (Å²) in [5.74, 6) is 0.796. The van der Waals surface area contributed by atoms with Crippen LogP contribution in [0.15, 0.2) is 24.3 Å². The predicted molar refractivity (Wildman–Crippen MR) is 90.4 cm³/mol. The number of hydrogen-bond donors (Lipinski definition) is 1. The van der Waals surface area contributed by atoms with Gasteiger partial charge in [-0.3, -0.25) is 9.69 Å². The van der Waals surface area contributed by atoms with Crippen LogP contribution >= 0.6 is 0 Å². The summed E-state index contributed by atoms with van der Waals surface area (Å²) in [6.07, 6.45) is 2.17. The van der Waals surface area contributed by atoms with Crippen LogP contribution in [0.3, 0.4) is 0 Å². The zero-order chi connectivity index (χ0) is 16.9. The molecular formula is C18H28N2O3. The van der Waals surface area contributed by atoms with Gasteiger partial charge in [0.25, 0.3) is 5.91 Å². The van der Waals surface area contributed by atoms with Crippen LogP contribution < -0.4 is 4.74 Å². The number of ether oxygens (including phenoxy) is 1. The molecule has 1 aliphatic rings. The van der Waals surface area contributed by atoms with Gasteiger partial charge in [0.15, 0.2) is 6.61 Å². The molecule has 1 aliphatic heterocycles. The molecule has 1 heterocycles. The summed E-state index contributed by atoms with van der Waals surface area (Å²) in [4.78, 5) is 16.0. The van der Waals surface area contributed by atoms with Crippen LogP contribution in [0.4, 0.5) is 0 Å². The second-order valence-electron chi connectivity index (χ2n) is 6.97. The van der Waals surface area contributed by atoms with E-state index >= 15 is 0 Å². The van der Waals surface area contributed by atoms with Gasteiger partial charge in [-0.15, -0.1) is 0 Å². The first kappa shape index (κ1) is 17.8. The summed E-state index contributed by atoms with van der Waals surface area (Å²) in [7, 11) is 1.96. The van der Waals surface area contributed by atoms with Crippen molar-refractivity contribution in [2.24, 2.45) is 0 Å². The number of para-hydroxylation sites is 1. The molecule has 0 aromatic heterocycles. The highest BCUT2D eigenvalue weighted by Crippen LogP contribution is 2.20. The van der Waals surface area contributed by atoms with Crippen molar-refractivity contribution in [3.05, 3.63) is 29.8 Å². The fourth-order valence-electron chi connectivity index (χ4n) is 2.98. The fourth-order valence-corrected chi connectivity index (χ4v) is 2.98. The van der Waals surface area contributed by atoms with E-state index in [1.165, 1.54) is 0 Å². The van der Waals surface area contributed by atoms with E-state index in [-0.39, 0.29) is 12.5 Å². The normalized spacial score (nSPS) is 15.3. The molecule has 1 aromatic carbocycles. The zero-order valence-corrected chi connectivity index (χ0v) is 14.4. The average molecular weight is 320 g/mol. The molecule has 0 aliphatic carbocycles. The predicted octanol–water partition coefficient (Wildman–Crippen LogP) is 1.89. The smallest absolute Gasteiger partial charge is 0.260 e. The van der Waals surface area contributed by atoms with Crippen LogP contribution in [0.25, 0.3) is 0 Å². The number of likely N-dealkylation sites (N-methyl/N-ethyl adjacent to an activating group) is 1. The molecule has 5 heteroatoms. The highest BCUT2D eigenvalue weighted by molar-refractivity contribution is 5.78. The zero-order valence-electron chi connectivity index (χ0n) is 14.4. The monoisotopic (exact) mass is 320 g/mol. The SMILES string of the molecule is CN(Cc1ccccc1OCC(=O)N1CCCC1)CC(C)(C)O. The summed E-state index contributed by atoms with van der Waals surface area (Å²) in [6, 6.07) is 7.76. The Morgan fingerprint density at radius 3 is 2.61 bits per heavy atom. The van der Waals surface area contributed by atoms with E-state index in [2.05, 4.69) is 0 Å². The van der Waals surface area contributed by atoms with Gasteiger partial charge in [-0.2, -0.15) is 0 Å². The van der Waals surface area contributed by atoms with Gasteiger partial charge in [0.1, 0.15) is 5.75 Å². The molecule has 1 fully saturated rings. The Morgan fingerprint density at radius 1 is 1.30 bits per heavy atom. The number of likely N-dealkylation sites (tertiary alicyclic amines) is 1. The number of aliphatic hydroxyl groups is 1. The summed E-state index contributed by atoms with van der Waals surface area (Å²) in [6.45, 7) is 6.59. The molecule has 1 N–H and O–H groups in total. The molecular weight excluding hydrogens is 292 g/mol. The summed E-state index contributed by atoms with van der Waals surface area (Å²) >= 11 is 0. The first-order valence-corrected chi connectivity index (χ1v) is 8.24. The Morgan fingerprint density at radius 2 is 1.96 bits per heavy atom. The first-order chi connectivity index (χ1) is 10.8. The van der Waals surface area contributed by atoms with Gasteiger partial charge in [-0.1, -0.05) is 18.2 Å². The van der Waals surface area contributed by atoms with Crippen LogP contribution in [0.1, 0.15) is 32.3 Å². The standard InChI is InChI=1S/C18H28N2O3/c1-18(2,22)14-19(3)12-15-8-4-5-9-16(15)23-13-17(21)20-10-6-7-11-20/h4-5,8-9,22H,6-7,10-14H2,1-3H3. The number of amides is 1. The van der Waals surface area contributed by atoms with E-state index in [1.807, 2.05) is 41.1 Å². The van der Waals surface area contributed by atoms with E-state index in [0.717, 1.165) is 37.2 Å². The number of benzene rings is 1. The lowest BCUT2D eigenvalue weighted by molar-refractivity contribution is -0.132. The van der Waals surface area contributed by atoms with Crippen molar-refractivity contribution >= 4 is 5.91 Å². The minimum absolute atomic E-state index is 0.0575. The number of hydrogen-bond acceptors (Lipinski definition) is 4. The molecule has 1 aromatic rings. The Balaban J connectivity index is 1.93. The lowest BCUT2D eigenvalue weighted by atomic mass is 10.1. The number of carbonyl (C=O) groups excluding carboxylic acids is 1. The van der Waals surface area contributed by atoms with Crippen molar-refractivity contribution in [3.8, 4) is 5.75 Å². The van der Waals surface area contributed by atoms with Crippen molar-refractivity contribution < 1.29 is 14.6 Å². The van der Waals surface area contributed by atoms with Crippen molar-refractivity contribution in [2.75, 3.05) is 33.3 Å². The van der Waals surface area contributed by atoms with Gasteiger partial charge in [-0.05, 0) is 39.8 Å². The highest BCUT2D eigenvalue weighted by Gasteiger charge is 2.19. The van der Waals surface area contributed by atoms with Crippen molar-refractivity contribution in [3.63, 3.8) is 0 Å². The van der Waals surface area contributed by atoms with Gasteiger partial charge >= 0.3 is 0 Å². The van der Waals surface area contributed by atoms with Crippen molar-refractivity contribution in [1.82, 2.24) is 9.80 Å². The molecule has 0 unspecified atom stereocenters. The van der Waals surface area contributed by atoms with E-state index < -0.39 is 5.60 Å². The fraction of sp³-hybridized carbons (Fsp3) is 0.611. The maximum absolute atomic E-state index is 12.1. The van der Waals surface area contributed by atoms with Crippen LogP contribution in [0.2, 0.25) is 0 Å². The molecule has 23 heavy (non-hydrogen) atoms. The van der Waals surface area contributed by atoms with Crippen LogP contribution in [-0.2, 0) is 11.3 Å². The third kappa shape index (κ3) is 5.84. The number of carbonyl (C=O) groups is 1. The maximum Gasteiger partial charge on any atom is 0.260 e. The third-order valence-corrected chi connectivity index (χ3v) is 3.88. The van der Waals surface area contributed by atoms with Gasteiger partial charge in [0, 0.05) is 31.7 Å². The molecule has 0 spiro atoms. The lowest BCUT2D eigenvalue weighted by Crippen LogP contribution is -2.36. The van der Waals surface area contributed by atoms with E-state index in [1.54, 1.807) is 13.8 Å². The van der Waals surface area contributed by atoms with E-state index in [0.29, 0.717) is 13.1 Å². The molecule has 0 saturated carbocycles. The van der Waals surface area contributed by atoms with Gasteiger partial charge in [0.05, 0.1) is 5.60 Å². The quantitative estimate of drug-likeness (QED) is 0.833. The molecule has 128 valence electrons. The Kier molecular flexibility index (Phi) is 6.02. The third-order valence-electron chi connectivity index (χ3n) is 3.88. The Hall–Kier alpha value is -1.59. The van der Waals surface area contributed by atoms with E-state index in [4.69, 9.17) is 4.74 Å². The largest absolute Gasteiger partial charge is 0.483 e. The summed E-state index contributed by atoms with van der Waals surface area (Å²) in [5.41, 5.74) is 0.282. The van der Waals surface area contributed by atoms with Gasteiger partial charge < -0.3 is 14.7 Å². The Labute approximate surface area is 138 Å². The minimum atomic E-state index is -0.740. The van der Waals surface area contributed by atoms with Gasteiger partial charge in [0.2, 0.25) is 0 Å². The molecule has 5 nitrogen and oxygen atoms in total. The molecule has 0 radical (unpaired) electrons. The second-order valence-corrected chi connectivity index (χ2v) is 6.97. The molecule has 0 atom stereocenters. The maximum atomic E-state index is 12.1. The molecule has 2 rings (SSSR count). The highest BCUT2D eigenvalue weighted by atomic mass is 16.5. The van der Waals surface area contributed by atoms with Gasteiger partial charge in [-0.25, -0.2) is 0 Å². The summed E-state index contributed by atoms with van der Waals surface area (Å²) < 4.78 is 5.76. The second kappa shape index (κ2) is 7.79. The molecule has 1 amide bonds. The topological polar surface area (TPSA) is 53.0 Å². The molecule has 0 bridgehead atoms. The van der Waals surface area contributed by atoms with Crippen molar-refractivity contribution in [2.45, 2.75) is 38.8 Å². The minimum Gasteiger partial charge on any atom is -0.483 e. The van der Waals surface area contributed by atoms with Crippen LogP contribution in [0, 0.1) is 0 Å². The van der Waals surface area contributed by atoms with E-state index in [9.17, 15) is 9.90 Å². The number of nitrogens with zero attached hydrogens (tertiary/aromatic N) is 2. The first-order valence-electron chi connectivity index (χ1n) is 8.24. The Bertz CT molecular complexity index is 519. The summed E-state index contributed by atoms with van der Waals surface area (Å²) in [5, 5.41) is 9.91. The number of rotatable bonds is 7. The van der Waals surface area contributed by atoms with Crippen molar-refractivity contribution in [1.29, 1.82) is 0 Å². The lowest BCUT2D eigenvalue weighted by Gasteiger charge is -2.26. The molecule has 1 saturated heterocycles. The average Bonchev–Trinajstić information content (AvgIpc) is 2.98.